The van der Waals surface area contributed by atoms with E-state index in [1.54, 1.807) is 0 Å². The van der Waals surface area contributed by atoms with Crippen molar-refractivity contribution in [3.63, 3.8) is 0 Å². The van der Waals surface area contributed by atoms with Crippen LogP contribution in [0.2, 0.25) is 0 Å². The van der Waals surface area contributed by atoms with Gasteiger partial charge in [0, 0.05) is 30.1 Å². The van der Waals surface area contributed by atoms with Gasteiger partial charge in [-0.05, 0) is 38.0 Å². The molecule has 2 aromatic rings. The van der Waals surface area contributed by atoms with Crippen LogP contribution < -0.4 is 10.2 Å². The SMILES string of the molecule is C[C@@H](C[NH+]1CCCC[C@@H]1c1cccnc1)OC(=O)Nc1ccccc1. The third-order valence-electron chi connectivity index (χ3n) is 4.70. The molecule has 5 nitrogen and oxygen atoms in total. The summed E-state index contributed by atoms with van der Waals surface area (Å²) in [7, 11) is 0. The Kier molecular flexibility index (Phi) is 6.01. The third-order valence-corrected chi connectivity index (χ3v) is 4.70. The first-order chi connectivity index (χ1) is 12.2. The van der Waals surface area contributed by atoms with Crippen molar-refractivity contribution in [3.05, 3.63) is 60.4 Å². The van der Waals surface area contributed by atoms with Crippen molar-refractivity contribution >= 4 is 11.8 Å². The molecule has 25 heavy (non-hydrogen) atoms. The van der Waals surface area contributed by atoms with Crippen molar-refractivity contribution in [2.45, 2.75) is 38.3 Å². The number of carbonyl (C=O) groups excluding carboxylic acids is 1. The number of quaternary nitrogens is 1. The minimum atomic E-state index is -0.395. The molecule has 1 amide bonds. The number of likely N-dealkylation sites (tertiary alicyclic amines) is 1. The van der Waals surface area contributed by atoms with Crippen LogP contribution in [0.15, 0.2) is 54.9 Å². The van der Waals surface area contributed by atoms with Crippen LogP contribution in [-0.2, 0) is 4.74 Å². The third kappa shape index (κ3) is 5.03. The summed E-state index contributed by atoms with van der Waals surface area (Å²) >= 11 is 0. The molecular weight excluding hydrogens is 314 g/mol. The van der Waals surface area contributed by atoms with Gasteiger partial charge >= 0.3 is 6.09 Å². The number of rotatable bonds is 5. The number of nitrogens with zero attached hydrogens (tertiary/aromatic N) is 1. The van der Waals surface area contributed by atoms with Gasteiger partial charge in [-0.2, -0.15) is 0 Å². The first-order valence-corrected chi connectivity index (χ1v) is 8.99. The lowest BCUT2D eigenvalue weighted by Gasteiger charge is -2.34. The first kappa shape index (κ1) is 17.4. The maximum Gasteiger partial charge on any atom is 0.412 e. The summed E-state index contributed by atoms with van der Waals surface area (Å²) < 4.78 is 5.55. The van der Waals surface area contributed by atoms with Gasteiger partial charge in [-0.15, -0.1) is 0 Å². The second-order valence-corrected chi connectivity index (χ2v) is 6.65. The number of para-hydroxylation sites is 1. The van der Waals surface area contributed by atoms with Crippen LogP contribution in [0.25, 0.3) is 0 Å². The van der Waals surface area contributed by atoms with Crippen molar-refractivity contribution in [2.24, 2.45) is 0 Å². The molecule has 5 heteroatoms. The summed E-state index contributed by atoms with van der Waals surface area (Å²) in [6, 6.07) is 14.0. The zero-order valence-corrected chi connectivity index (χ0v) is 14.7. The predicted octanol–water partition coefficient (Wildman–Crippen LogP) is 2.83. The van der Waals surface area contributed by atoms with Crippen LogP contribution >= 0.6 is 0 Å². The van der Waals surface area contributed by atoms with E-state index in [1.807, 2.05) is 55.7 Å². The molecule has 1 fully saturated rings. The molecule has 1 unspecified atom stereocenters. The van der Waals surface area contributed by atoms with Gasteiger partial charge in [-0.1, -0.05) is 24.3 Å². The Hall–Kier alpha value is -2.40. The summed E-state index contributed by atoms with van der Waals surface area (Å²) in [6.07, 6.45) is 6.85. The van der Waals surface area contributed by atoms with E-state index in [2.05, 4.69) is 16.4 Å². The molecule has 3 atom stereocenters. The van der Waals surface area contributed by atoms with E-state index in [-0.39, 0.29) is 6.10 Å². The number of amides is 1. The van der Waals surface area contributed by atoms with Gasteiger partial charge in [0.15, 0.2) is 0 Å². The number of benzene rings is 1. The fourth-order valence-electron chi connectivity index (χ4n) is 3.57. The molecule has 0 radical (unpaired) electrons. The van der Waals surface area contributed by atoms with Crippen LogP contribution in [0, 0.1) is 0 Å². The highest BCUT2D eigenvalue weighted by molar-refractivity contribution is 5.84. The molecule has 1 saturated heterocycles. The zero-order chi connectivity index (χ0) is 17.5. The molecule has 0 spiro atoms. The highest BCUT2D eigenvalue weighted by Crippen LogP contribution is 2.18. The minimum absolute atomic E-state index is 0.143. The highest BCUT2D eigenvalue weighted by Gasteiger charge is 2.29. The molecule has 132 valence electrons. The lowest BCUT2D eigenvalue weighted by atomic mass is 9.96. The van der Waals surface area contributed by atoms with Gasteiger partial charge in [0.1, 0.15) is 18.7 Å². The summed E-state index contributed by atoms with van der Waals surface area (Å²) in [5.41, 5.74) is 2.02. The molecular formula is C20H26N3O2+. The van der Waals surface area contributed by atoms with Crippen molar-refractivity contribution in [1.82, 2.24) is 4.98 Å². The number of ether oxygens (including phenoxy) is 1. The minimum Gasteiger partial charge on any atom is -0.440 e. The standard InChI is InChI=1S/C20H25N3O2/c1-16(25-20(24)22-18-9-3-2-4-10-18)15-23-13-6-5-11-19(23)17-8-7-12-21-14-17/h2-4,7-10,12,14,16,19H,5-6,11,13,15H2,1H3,(H,22,24)/p+1/t16-,19+/m0/s1. The molecule has 0 bridgehead atoms. The average molecular weight is 340 g/mol. The van der Waals surface area contributed by atoms with Crippen molar-refractivity contribution in [2.75, 3.05) is 18.4 Å². The smallest absolute Gasteiger partial charge is 0.412 e. The lowest BCUT2D eigenvalue weighted by Crippen LogP contribution is -3.14. The first-order valence-electron chi connectivity index (χ1n) is 8.99. The Labute approximate surface area is 149 Å². The van der Waals surface area contributed by atoms with Crippen LogP contribution in [0.4, 0.5) is 10.5 Å². The van der Waals surface area contributed by atoms with Crippen LogP contribution in [0.5, 0.6) is 0 Å². The summed E-state index contributed by atoms with van der Waals surface area (Å²) in [5.74, 6) is 0. The molecule has 3 rings (SSSR count). The van der Waals surface area contributed by atoms with Crippen LogP contribution in [-0.4, -0.2) is 30.3 Å². The van der Waals surface area contributed by atoms with E-state index >= 15 is 0 Å². The fourth-order valence-corrected chi connectivity index (χ4v) is 3.57. The molecule has 0 aliphatic carbocycles. The monoisotopic (exact) mass is 340 g/mol. The van der Waals surface area contributed by atoms with Gasteiger partial charge in [-0.25, -0.2) is 4.79 Å². The highest BCUT2D eigenvalue weighted by atomic mass is 16.6. The lowest BCUT2D eigenvalue weighted by molar-refractivity contribution is -0.939. The van der Waals surface area contributed by atoms with Gasteiger partial charge in [0.2, 0.25) is 0 Å². The zero-order valence-electron chi connectivity index (χ0n) is 14.7. The topological polar surface area (TPSA) is 55.7 Å². The van der Waals surface area contributed by atoms with Crippen molar-refractivity contribution in [3.8, 4) is 0 Å². The second kappa shape index (κ2) is 8.62. The molecule has 1 aromatic heterocycles. The molecule has 1 aliphatic heterocycles. The van der Waals surface area contributed by atoms with Crippen molar-refractivity contribution in [1.29, 1.82) is 0 Å². The van der Waals surface area contributed by atoms with Gasteiger partial charge in [0.25, 0.3) is 0 Å². The van der Waals surface area contributed by atoms with Gasteiger partial charge in [0.05, 0.1) is 6.54 Å². The maximum absolute atomic E-state index is 12.1. The molecule has 1 aliphatic rings. The fraction of sp³-hybridized carbons (Fsp3) is 0.400. The Morgan fingerprint density at radius 1 is 1.28 bits per heavy atom. The molecule has 0 saturated carbocycles. The normalized spacial score (nSPS) is 21.3. The van der Waals surface area contributed by atoms with E-state index in [4.69, 9.17) is 4.74 Å². The van der Waals surface area contributed by atoms with Crippen molar-refractivity contribution < 1.29 is 14.4 Å². The van der Waals surface area contributed by atoms with E-state index in [0.29, 0.717) is 6.04 Å². The number of pyridine rings is 1. The Bertz CT molecular complexity index is 663. The molecule has 2 N–H and O–H groups in total. The second-order valence-electron chi connectivity index (χ2n) is 6.65. The van der Waals surface area contributed by atoms with E-state index in [1.165, 1.54) is 23.3 Å². The Morgan fingerprint density at radius 2 is 2.12 bits per heavy atom. The van der Waals surface area contributed by atoms with Crippen LogP contribution in [0.3, 0.4) is 0 Å². The number of carbonyl (C=O) groups is 1. The van der Waals surface area contributed by atoms with E-state index in [9.17, 15) is 4.79 Å². The Morgan fingerprint density at radius 3 is 2.88 bits per heavy atom. The number of nitrogens with one attached hydrogen (secondary N) is 2. The molecule has 1 aromatic carbocycles. The number of aromatic nitrogens is 1. The van der Waals surface area contributed by atoms with Gasteiger partial charge < -0.3 is 9.64 Å². The van der Waals surface area contributed by atoms with E-state index in [0.717, 1.165) is 25.2 Å². The number of hydrogen-bond donors (Lipinski definition) is 2. The summed E-state index contributed by atoms with van der Waals surface area (Å²) in [4.78, 5) is 17.8. The largest absolute Gasteiger partial charge is 0.440 e. The maximum atomic E-state index is 12.1. The number of anilines is 1. The van der Waals surface area contributed by atoms with E-state index < -0.39 is 6.09 Å². The predicted molar refractivity (Wildman–Crippen MR) is 97.5 cm³/mol. The average Bonchev–Trinajstić information content (AvgIpc) is 2.63. The molecule has 2 heterocycles. The Balaban J connectivity index is 1.55. The number of piperidine rings is 1. The number of hydrogen-bond acceptors (Lipinski definition) is 3. The van der Waals surface area contributed by atoms with Crippen LogP contribution in [0.1, 0.15) is 37.8 Å². The summed E-state index contributed by atoms with van der Waals surface area (Å²) in [6.45, 7) is 3.88. The summed E-state index contributed by atoms with van der Waals surface area (Å²) in [5, 5.41) is 2.77. The quantitative estimate of drug-likeness (QED) is 0.880. The van der Waals surface area contributed by atoms with Gasteiger partial charge in [-0.3, -0.25) is 10.3 Å².